The Morgan fingerprint density at radius 2 is 1.81 bits per heavy atom. The number of amides is 1. The van der Waals surface area contributed by atoms with Crippen molar-refractivity contribution in [3.63, 3.8) is 0 Å². The largest absolute Gasteiger partial charge is 0.434 e. The highest BCUT2D eigenvalue weighted by atomic mass is 19.4. The van der Waals surface area contributed by atoms with E-state index < -0.39 is 24.3 Å². The molecule has 0 fully saturated rings. The number of fused-ring (bicyclic) bond motifs is 1. The number of alkyl halides is 3. The van der Waals surface area contributed by atoms with Gasteiger partial charge in [0.05, 0.1) is 6.54 Å². The molecule has 0 aliphatic heterocycles. The van der Waals surface area contributed by atoms with Gasteiger partial charge in [-0.2, -0.15) is 13.2 Å². The molecular formula is C14H11F3N2O2. The van der Waals surface area contributed by atoms with Crippen molar-refractivity contribution < 1.29 is 23.2 Å². The zero-order valence-corrected chi connectivity index (χ0v) is 10.7. The highest BCUT2D eigenvalue weighted by Gasteiger charge is 2.36. The van der Waals surface area contributed by atoms with Crippen LogP contribution in [0.25, 0.3) is 10.8 Å². The monoisotopic (exact) mass is 296 g/mol. The second-order valence-electron chi connectivity index (χ2n) is 4.25. The third kappa shape index (κ3) is 3.31. The van der Waals surface area contributed by atoms with E-state index in [4.69, 9.17) is 5.21 Å². The normalized spacial score (nSPS) is 12.4. The number of carbonyl (C=O) groups is 1. The highest BCUT2D eigenvalue weighted by molar-refractivity contribution is 6.08. The Hall–Kier alpha value is -2.57. The van der Waals surface area contributed by atoms with E-state index in [0.29, 0.717) is 5.39 Å². The average molecular weight is 296 g/mol. The van der Waals surface area contributed by atoms with Crippen LogP contribution in [0.15, 0.2) is 47.6 Å². The summed E-state index contributed by atoms with van der Waals surface area (Å²) in [6, 6.07) is 12.0. The molecule has 0 unspecified atom stereocenters. The number of hydrogen-bond acceptors (Lipinski definition) is 3. The van der Waals surface area contributed by atoms with Crippen LogP contribution in [0.3, 0.4) is 0 Å². The van der Waals surface area contributed by atoms with E-state index in [-0.39, 0.29) is 5.56 Å². The molecule has 7 heteroatoms. The Labute approximate surface area is 117 Å². The van der Waals surface area contributed by atoms with E-state index in [1.807, 2.05) is 0 Å². The molecule has 0 saturated heterocycles. The summed E-state index contributed by atoms with van der Waals surface area (Å²) >= 11 is 0. The summed E-state index contributed by atoms with van der Waals surface area (Å²) in [7, 11) is 0. The lowest BCUT2D eigenvalue weighted by Crippen LogP contribution is -2.37. The third-order valence-electron chi connectivity index (χ3n) is 2.90. The van der Waals surface area contributed by atoms with Crippen molar-refractivity contribution in [2.75, 3.05) is 6.54 Å². The molecule has 2 N–H and O–H groups in total. The summed E-state index contributed by atoms with van der Waals surface area (Å²) in [5, 5.41) is 14.0. The second-order valence-corrected chi connectivity index (χ2v) is 4.25. The number of carbonyl (C=O) groups excluding carboxylic acids is 1. The summed E-state index contributed by atoms with van der Waals surface area (Å²) in [6.45, 7) is -0.901. The molecule has 110 valence electrons. The van der Waals surface area contributed by atoms with Crippen molar-refractivity contribution in [1.82, 2.24) is 5.32 Å². The highest BCUT2D eigenvalue weighted by Crippen LogP contribution is 2.19. The van der Waals surface area contributed by atoms with Crippen LogP contribution in [0.5, 0.6) is 0 Å². The summed E-state index contributed by atoms with van der Waals surface area (Å²) in [4.78, 5) is 12.0. The second kappa shape index (κ2) is 5.82. The lowest BCUT2D eigenvalue weighted by molar-refractivity contribution is -0.0620. The Bertz CT molecular complexity index is 691. The van der Waals surface area contributed by atoms with Crippen molar-refractivity contribution >= 4 is 22.4 Å². The van der Waals surface area contributed by atoms with Crippen LogP contribution in [0.4, 0.5) is 13.2 Å². The SMILES string of the molecule is O=C(NC/C(=N/O)C(F)(F)F)c1cccc2ccccc12. The fraction of sp³-hybridized carbons (Fsp3) is 0.143. The molecule has 0 saturated carbocycles. The fourth-order valence-corrected chi connectivity index (χ4v) is 1.87. The van der Waals surface area contributed by atoms with Gasteiger partial charge in [-0.15, -0.1) is 0 Å². The summed E-state index contributed by atoms with van der Waals surface area (Å²) in [5.74, 6) is -0.669. The minimum Gasteiger partial charge on any atom is -0.411 e. The number of rotatable bonds is 3. The zero-order valence-electron chi connectivity index (χ0n) is 10.7. The van der Waals surface area contributed by atoms with Crippen LogP contribution in [-0.2, 0) is 0 Å². The molecule has 21 heavy (non-hydrogen) atoms. The molecule has 0 aliphatic carbocycles. The van der Waals surface area contributed by atoms with Gasteiger partial charge in [0.1, 0.15) is 0 Å². The van der Waals surface area contributed by atoms with Crippen LogP contribution >= 0.6 is 0 Å². The van der Waals surface area contributed by atoms with Gasteiger partial charge in [-0.1, -0.05) is 41.6 Å². The van der Waals surface area contributed by atoms with Gasteiger partial charge in [0.15, 0.2) is 5.71 Å². The van der Waals surface area contributed by atoms with Gasteiger partial charge >= 0.3 is 6.18 Å². The van der Waals surface area contributed by atoms with Crippen molar-refractivity contribution in [3.8, 4) is 0 Å². The molecule has 1 amide bonds. The lowest BCUT2D eigenvalue weighted by Gasteiger charge is -2.11. The van der Waals surface area contributed by atoms with Gasteiger partial charge in [0.25, 0.3) is 5.91 Å². The summed E-state index contributed by atoms with van der Waals surface area (Å²) < 4.78 is 37.2. The minimum atomic E-state index is -4.79. The first kappa shape index (κ1) is 14.8. The first-order valence-electron chi connectivity index (χ1n) is 5.97. The van der Waals surface area contributed by atoms with E-state index in [9.17, 15) is 18.0 Å². The minimum absolute atomic E-state index is 0.257. The maximum Gasteiger partial charge on any atom is 0.434 e. The van der Waals surface area contributed by atoms with Gasteiger partial charge in [-0.25, -0.2) is 0 Å². The third-order valence-corrected chi connectivity index (χ3v) is 2.90. The first-order valence-corrected chi connectivity index (χ1v) is 5.97. The fourth-order valence-electron chi connectivity index (χ4n) is 1.87. The topological polar surface area (TPSA) is 61.7 Å². The molecule has 2 rings (SSSR count). The number of hydrogen-bond donors (Lipinski definition) is 2. The predicted molar refractivity (Wildman–Crippen MR) is 71.6 cm³/mol. The van der Waals surface area contributed by atoms with Gasteiger partial charge < -0.3 is 10.5 Å². The number of halogens is 3. The number of nitrogens with one attached hydrogen (secondary N) is 1. The van der Waals surface area contributed by atoms with Gasteiger partial charge in [-0.05, 0) is 16.8 Å². The van der Waals surface area contributed by atoms with Crippen LogP contribution in [0, 0.1) is 0 Å². The maximum absolute atomic E-state index is 12.4. The van der Waals surface area contributed by atoms with E-state index in [1.54, 1.807) is 36.4 Å². The Kier molecular flexibility index (Phi) is 4.11. The van der Waals surface area contributed by atoms with Crippen molar-refractivity contribution in [3.05, 3.63) is 48.0 Å². The van der Waals surface area contributed by atoms with Crippen LogP contribution in [0.2, 0.25) is 0 Å². The molecule has 4 nitrogen and oxygen atoms in total. The standard InChI is InChI=1S/C14H11F3N2O2/c15-14(16,17)12(19-21)8-18-13(20)11-7-3-5-9-4-1-2-6-10(9)11/h1-7,21H,8H2,(H,18,20)/b19-12-. The predicted octanol–water partition coefficient (Wildman–Crippen LogP) is 2.96. The van der Waals surface area contributed by atoms with Crippen molar-refractivity contribution in [1.29, 1.82) is 0 Å². The van der Waals surface area contributed by atoms with Gasteiger partial charge in [0, 0.05) is 5.56 Å². The summed E-state index contributed by atoms with van der Waals surface area (Å²) in [5.41, 5.74) is -1.20. The van der Waals surface area contributed by atoms with E-state index in [1.165, 1.54) is 6.07 Å². The van der Waals surface area contributed by atoms with Crippen molar-refractivity contribution in [2.45, 2.75) is 6.18 Å². The van der Waals surface area contributed by atoms with Crippen LogP contribution in [0.1, 0.15) is 10.4 Å². The van der Waals surface area contributed by atoms with Crippen LogP contribution < -0.4 is 5.32 Å². The number of benzene rings is 2. The van der Waals surface area contributed by atoms with E-state index in [0.717, 1.165) is 5.39 Å². The average Bonchev–Trinajstić information content (AvgIpc) is 2.45. The zero-order chi connectivity index (χ0) is 15.5. The number of nitrogens with zero attached hydrogens (tertiary/aromatic N) is 1. The molecule has 0 heterocycles. The number of oxime groups is 1. The van der Waals surface area contributed by atoms with Gasteiger partial charge in [0.2, 0.25) is 0 Å². The van der Waals surface area contributed by atoms with E-state index in [2.05, 4.69) is 10.5 Å². The lowest BCUT2D eigenvalue weighted by atomic mass is 10.0. The Balaban J connectivity index is 2.20. The Morgan fingerprint density at radius 3 is 2.48 bits per heavy atom. The quantitative estimate of drug-likeness (QED) is 0.519. The van der Waals surface area contributed by atoms with E-state index >= 15 is 0 Å². The smallest absolute Gasteiger partial charge is 0.411 e. The first-order chi connectivity index (χ1) is 9.93. The molecule has 0 atom stereocenters. The molecule has 0 aliphatic rings. The molecule has 0 radical (unpaired) electrons. The molecular weight excluding hydrogens is 285 g/mol. The van der Waals surface area contributed by atoms with Crippen molar-refractivity contribution in [2.24, 2.45) is 5.16 Å². The van der Waals surface area contributed by atoms with Gasteiger partial charge in [-0.3, -0.25) is 4.79 Å². The molecule has 0 aromatic heterocycles. The maximum atomic E-state index is 12.4. The Morgan fingerprint density at radius 1 is 1.14 bits per heavy atom. The molecule has 2 aromatic rings. The van der Waals surface area contributed by atoms with Crippen LogP contribution in [-0.4, -0.2) is 29.5 Å². The molecule has 0 spiro atoms. The summed E-state index contributed by atoms with van der Waals surface area (Å²) in [6.07, 6.45) is -4.79. The molecule has 0 bridgehead atoms. The molecule has 2 aromatic carbocycles.